The fraction of sp³-hybridized carbons (Fsp3) is 0.552. The summed E-state index contributed by atoms with van der Waals surface area (Å²) in [6.45, 7) is 1.72. The summed E-state index contributed by atoms with van der Waals surface area (Å²) in [5.74, 6) is -0.288. The Hall–Kier alpha value is -1.50. The number of hydrogen-bond acceptors (Lipinski definition) is 21. The highest BCUT2D eigenvalue weighted by atomic mass is 31.2. The SMILES string of the molecule is COP(=O)(OC)OC.COP(=O)(OC)OC.COP(=O)(OC)OC.COP(=O)(OC)OC.COP(C)(=O)OC.O=C(OCc1ccccc1)c1ccccc1. The fourth-order valence-electron chi connectivity index (χ4n) is 2.35. The van der Waals surface area contributed by atoms with Crippen LogP contribution in [0.5, 0.6) is 0 Å². The number of ether oxygens (including phenoxy) is 1. The molecule has 0 aliphatic rings. The van der Waals surface area contributed by atoms with Crippen molar-refractivity contribution in [3.8, 4) is 0 Å². The molecule has 0 atom stereocenters. The van der Waals surface area contributed by atoms with Gasteiger partial charge in [0.05, 0.1) is 5.56 Å². The van der Waals surface area contributed by atoms with E-state index in [4.69, 9.17) is 4.74 Å². The maximum absolute atomic E-state index is 11.6. The number of rotatable bonds is 17. The molecule has 0 heterocycles. The number of phosphoric ester groups is 4. The van der Waals surface area contributed by atoms with Gasteiger partial charge in [0.1, 0.15) is 6.61 Å². The molecule has 21 nitrogen and oxygen atoms in total. The van der Waals surface area contributed by atoms with Gasteiger partial charge in [-0.1, -0.05) is 48.5 Å². The lowest BCUT2D eigenvalue weighted by Crippen LogP contribution is -2.04. The van der Waals surface area contributed by atoms with Crippen LogP contribution in [0.15, 0.2) is 60.7 Å². The first-order valence-corrected chi connectivity index (χ1v) is 22.6. The Morgan fingerprint density at radius 1 is 0.400 bits per heavy atom. The van der Waals surface area contributed by atoms with Crippen LogP contribution < -0.4 is 0 Å². The number of hydrogen-bond donors (Lipinski definition) is 0. The molecule has 0 spiro atoms. The van der Waals surface area contributed by atoms with Crippen LogP contribution in [-0.4, -0.2) is 112 Å². The topological polar surface area (TPSA) is 241 Å². The lowest BCUT2D eigenvalue weighted by atomic mass is 10.2. The predicted octanol–water partition coefficient (Wildman–Crippen LogP) is 8.28. The molecule has 0 radical (unpaired) electrons. The summed E-state index contributed by atoms with van der Waals surface area (Å²) in [4.78, 5) is 11.6. The van der Waals surface area contributed by atoms with Gasteiger partial charge in [0.15, 0.2) is 0 Å². The number of esters is 1. The fourth-order valence-corrected chi connectivity index (χ4v) is 4.29. The highest BCUT2D eigenvalue weighted by Gasteiger charge is 2.20. The monoisotopic (exact) mass is 896 g/mol. The van der Waals surface area contributed by atoms with Crippen LogP contribution in [0.4, 0.5) is 0 Å². The third kappa shape index (κ3) is 31.2. The van der Waals surface area contributed by atoms with Crippen LogP contribution in [0.25, 0.3) is 0 Å². The van der Waals surface area contributed by atoms with E-state index in [1.165, 1.54) is 106 Å². The second-order valence-electron chi connectivity index (χ2n) is 8.54. The predicted molar refractivity (Wildman–Crippen MR) is 204 cm³/mol. The highest BCUT2D eigenvalue weighted by Crippen LogP contribution is 2.48. The second-order valence-corrected chi connectivity index (χ2v) is 18.8. The summed E-state index contributed by atoms with van der Waals surface area (Å²) in [6.07, 6.45) is 0. The van der Waals surface area contributed by atoms with E-state index in [9.17, 15) is 27.6 Å². The van der Waals surface area contributed by atoms with Crippen LogP contribution in [0.3, 0.4) is 0 Å². The smallest absolute Gasteiger partial charge is 0.457 e. The Bertz CT molecular complexity index is 1280. The first-order chi connectivity index (χ1) is 25.7. The molecule has 0 saturated carbocycles. The van der Waals surface area contributed by atoms with Crippen molar-refractivity contribution in [1.82, 2.24) is 0 Å². The summed E-state index contributed by atoms with van der Waals surface area (Å²) in [7, 11) is 2.49. The average molecular weight is 897 g/mol. The Morgan fingerprint density at radius 2 is 0.636 bits per heavy atom. The zero-order valence-electron chi connectivity index (χ0n) is 33.8. The normalized spacial score (nSPS) is 11.3. The van der Waals surface area contributed by atoms with E-state index in [0.29, 0.717) is 12.2 Å². The van der Waals surface area contributed by atoms with Gasteiger partial charge in [-0.15, -0.1) is 0 Å². The first kappa shape index (κ1) is 60.2. The Kier molecular flexibility index (Phi) is 37.8. The number of carbonyl (C=O) groups is 1. The first-order valence-electron chi connectivity index (χ1n) is 14.8. The molecule has 2 aromatic carbocycles. The molecule has 0 fully saturated rings. The van der Waals surface area contributed by atoms with Crippen molar-refractivity contribution in [1.29, 1.82) is 0 Å². The summed E-state index contributed by atoms with van der Waals surface area (Å²) >= 11 is 0. The lowest BCUT2D eigenvalue weighted by Gasteiger charge is -2.08. The minimum Gasteiger partial charge on any atom is -0.457 e. The molecule has 0 unspecified atom stereocenters. The van der Waals surface area contributed by atoms with E-state index in [1.807, 2.05) is 48.5 Å². The summed E-state index contributed by atoms with van der Waals surface area (Å²) in [5, 5.41) is 0. The van der Waals surface area contributed by atoms with E-state index >= 15 is 0 Å². The van der Waals surface area contributed by atoms with Crippen molar-refractivity contribution >= 4 is 44.9 Å². The molecule has 0 aliphatic heterocycles. The molecule has 2 rings (SSSR count). The van der Waals surface area contributed by atoms with Crippen molar-refractivity contribution in [2.75, 3.05) is 106 Å². The Morgan fingerprint density at radius 3 is 0.818 bits per heavy atom. The van der Waals surface area contributed by atoms with Crippen LogP contribution in [-0.2, 0) is 97.5 Å². The molecule has 0 amide bonds. The van der Waals surface area contributed by atoms with E-state index in [2.05, 4.69) is 63.3 Å². The van der Waals surface area contributed by atoms with Gasteiger partial charge in [0.2, 0.25) is 0 Å². The molecular weight excluding hydrogens is 839 g/mol. The number of carbonyl (C=O) groups excluding carboxylic acids is 1. The number of benzene rings is 2. The largest absolute Gasteiger partial charge is 0.473 e. The van der Waals surface area contributed by atoms with Crippen molar-refractivity contribution in [3.05, 3.63) is 71.8 Å². The third-order valence-corrected chi connectivity index (χ3v) is 12.3. The molecule has 0 saturated heterocycles. The Labute approximate surface area is 324 Å². The van der Waals surface area contributed by atoms with Crippen molar-refractivity contribution in [2.24, 2.45) is 0 Å². The minimum absolute atomic E-state index is 0.288. The van der Waals surface area contributed by atoms with Gasteiger partial charge >= 0.3 is 44.9 Å². The van der Waals surface area contributed by atoms with E-state index in [0.717, 1.165) is 5.56 Å². The maximum Gasteiger partial charge on any atom is 0.473 e. The van der Waals surface area contributed by atoms with Crippen LogP contribution in [0.2, 0.25) is 0 Å². The van der Waals surface area contributed by atoms with Crippen molar-refractivity contribution in [2.45, 2.75) is 6.61 Å². The van der Waals surface area contributed by atoms with E-state index < -0.39 is 38.9 Å². The van der Waals surface area contributed by atoms with Gasteiger partial charge in [0.25, 0.3) is 0 Å². The zero-order valence-corrected chi connectivity index (χ0v) is 38.3. The molecular formula is C29H57O21P5. The highest BCUT2D eigenvalue weighted by molar-refractivity contribution is 7.53. The molecule has 0 aromatic heterocycles. The van der Waals surface area contributed by atoms with Gasteiger partial charge in [-0.3, -0.25) is 58.9 Å². The molecule has 0 bridgehead atoms. The van der Waals surface area contributed by atoms with Crippen LogP contribution in [0.1, 0.15) is 15.9 Å². The molecule has 0 N–H and O–H groups in total. The lowest BCUT2D eigenvalue weighted by molar-refractivity contribution is 0.0472. The standard InChI is InChI=1S/C14H12O2.4C3H9O4P.C3H9O3P/c15-14(13-9-5-2-6-10-13)16-11-12-7-3-1-4-8-12;4*1-5-8(4,6-2)7-3;1-5-7(3,4)6-2/h1-10H,11H2;4*1-3H3;1-3H3. The second kappa shape index (κ2) is 34.5. The van der Waals surface area contributed by atoms with Crippen molar-refractivity contribution < 1.29 is 95.7 Å². The van der Waals surface area contributed by atoms with E-state index in [1.54, 1.807) is 12.1 Å². The van der Waals surface area contributed by atoms with E-state index in [-0.39, 0.29) is 5.97 Å². The van der Waals surface area contributed by atoms with Gasteiger partial charge in [-0.25, -0.2) is 23.1 Å². The van der Waals surface area contributed by atoms with Gasteiger partial charge in [-0.05, 0) is 17.7 Å². The summed E-state index contributed by atoms with van der Waals surface area (Å²) < 4.78 is 119. The van der Waals surface area contributed by atoms with Gasteiger partial charge in [0, 0.05) is 106 Å². The number of phosphoric acid groups is 4. The maximum atomic E-state index is 11.6. The van der Waals surface area contributed by atoms with Crippen molar-refractivity contribution in [3.63, 3.8) is 0 Å². The average Bonchev–Trinajstić information content (AvgIpc) is 3.26. The van der Waals surface area contributed by atoms with Gasteiger partial charge in [-0.2, -0.15) is 0 Å². The minimum atomic E-state index is -3.16. The summed E-state index contributed by atoms with van der Waals surface area (Å²) in [5.41, 5.74) is 1.57. The molecule has 26 heteroatoms. The van der Waals surface area contributed by atoms with Crippen LogP contribution >= 0.6 is 38.9 Å². The molecule has 55 heavy (non-hydrogen) atoms. The molecule has 324 valence electrons. The van der Waals surface area contributed by atoms with Gasteiger partial charge < -0.3 is 13.8 Å². The quantitative estimate of drug-likeness (QED) is 0.107. The Balaban J connectivity index is -0.000000295. The summed E-state index contributed by atoms with van der Waals surface area (Å²) in [6, 6.07) is 18.6. The zero-order chi connectivity index (χ0) is 43.6. The van der Waals surface area contributed by atoms with Crippen LogP contribution in [0, 0.1) is 0 Å². The molecule has 0 aliphatic carbocycles. The molecule has 2 aromatic rings. The third-order valence-electron chi connectivity index (χ3n) is 5.57.